The fourth-order valence-electron chi connectivity index (χ4n) is 2.39. The van der Waals surface area contributed by atoms with Crippen LogP contribution in [-0.4, -0.2) is 17.9 Å². The highest BCUT2D eigenvalue weighted by Crippen LogP contribution is 2.26. The zero-order valence-corrected chi connectivity index (χ0v) is 13.9. The highest BCUT2D eigenvalue weighted by atomic mass is 127. The Morgan fingerprint density at radius 2 is 2.11 bits per heavy atom. The maximum atomic E-state index is 12.3. The first-order chi connectivity index (χ1) is 8.99. The minimum Gasteiger partial charge on any atom is -0.369 e. The van der Waals surface area contributed by atoms with Crippen LogP contribution < -0.4 is 11.1 Å². The lowest BCUT2D eigenvalue weighted by Crippen LogP contribution is -2.42. The van der Waals surface area contributed by atoms with Crippen LogP contribution in [0.1, 0.15) is 29.6 Å². The normalized spacial score (nSPS) is 22.2. The van der Waals surface area contributed by atoms with Crippen LogP contribution in [0.25, 0.3) is 0 Å². The number of nitrogens with one attached hydrogen (secondary N) is 1. The Hall–Kier alpha value is -0.630. The van der Waals surface area contributed by atoms with Gasteiger partial charge in [0.1, 0.15) is 0 Å². The Morgan fingerprint density at radius 1 is 1.37 bits per heavy atom. The number of hydrogen-bond donors (Lipinski definition) is 2. The zero-order valence-electron chi connectivity index (χ0n) is 10.2. The van der Waals surface area contributed by atoms with Crippen molar-refractivity contribution in [3.05, 3.63) is 31.8 Å². The number of rotatable bonds is 3. The monoisotopic (exact) mass is 436 g/mol. The van der Waals surface area contributed by atoms with E-state index in [2.05, 4.69) is 43.8 Å². The molecule has 3 N–H and O–H groups in total. The van der Waals surface area contributed by atoms with Crippen LogP contribution in [-0.2, 0) is 4.79 Å². The predicted molar refractivity (Wildman–Crippen MR) is 84.6 cm³/mol. The Kier molecular flexibility index (Phi) is 4.83. The summed E-state index contributed by atoms with van der Waals surface area (Å²) >= 11 is 5.48. The lowest BCUT2D eigenvalue weighted by atomic mass is 10.0. The molecule has 2 amide bonds. The zero-order chi connectivity index (χ0) is 14.0. The number of halogens is 2. The Morgan fingerprint density at radius 3 is 2.79 bits per heavy atom. The van der Waals surface area contributed by atoms with Gasteiger partial charge in [0.2, 0.25) is 5.91 Å². The van der Waals surface area contributed by atoms with Gasteiger partial charge in [-0.05, 0) is 53.6 Å². The van der Waals surface area contributed by atoms with Crippen molar-refractivity contribution in [3.63, 3.8) is 0 Å². The van der Waals surface area contributed by atoms with Crippen LogP contribution >= 0.6 is 38.5 Å². The van der Waals surface area contributed by atoms with E-state index < -0.39 is 0 Å². The van der Waals surface area contributed by atoms with Crippen LogP contribution in [0.3, 0.4) is 0 Å². The van der Waals surface area contributed by atoms with E-state index in [9.17, 15) is 9.59 Å². The number of carbonyl (C=O) groups excluding carboxylic acids is 2. The molecule has 0 heterocycles. The van der Waals surface area contributed by atoms with Gasteiger partial charge < -0.3 is 11.1 Å². The molecule has 102 valence electrons. The molecule has 4 nitrogen and oxygen atoms in total. The summed E-state index contributed by atoms with van der Waals surface area (Å²) in [4.78, 5) is 23.6. The van der Waals surface area contributed by atoms with Crippen molar-refractivity contribution in [2.24, 2.45) is 11.7 Å². The first-order valence-corrected chi connectivity index (χ1v) is 7.91. The lowest BCUT2D eigenvalue weighted by molar-refractivity contribution is -0.122. The van der Waals surface area contributed by atoms with E-state index in [4.69, 9.17) is 5.73 Å². The van der Waals surface area contributed by atoms with E-state index in [0.717, 1.165) is 27.3 Å². The van der Waals surface area contributed by atoms with E-state index in [1.54, 1.807) is 6.07 Å². The molecule has 0 radical (unpaired) electrons. The molecule has 0 bridgehead atoms. The second-order valence-corrected chi connectivity index (χ2v) is 6.72. The summed E-state index contributed by atoms with van der Waals surface area (Å²) in [6.07, 6.45) is 2.49. The molecule has 2 atom stereocenters. The van der Waals surface area contributed by atoms with Gasteiger partial charge in [0, 0.05) is 14.1 Å². The number of amides is 2. The van der Waals surface area contributed by atoms with E-state index in [1.807, 2.05) is 12.1 Å². The highest BCUT2D eigenvalue weighted by Gasteiger charge is 2.32. The minimum atomic E-state index is -0.327. The molecule has 6 heteroatoms. The first-order valence-electron chi connectivity index (χ1n) is 6.04. The molecule has 1 aliphatic rings. The van der Waals surface area contributed by atoms with Gasteiger partial charge in [-0.1, -0.05) is 22.4 Å². The number of hydrogen-bond acceptors (Lipinski definition) is 2. The minimum absolute atomic E-state index is 0.139. The smallest absolute Gasteiger partial charge is 0.252 e. The summed E-state index contributed by atoms with van der Waals surface area (Å²) < 4.78 is 1.74. The average Bonchev–Trinajstić information content (AvgIpc) is 2.80. The Balaban J connectivity index is 2.12. The first kappa shape index (κ1) is 14.8. The number of benzene rings is 1. The lowest BCUT2D eigenvalue weighted by Gasteiger charge is -2.18. The van der Waals surface area contributed by atoms with Crippen LogP contribution in [0.2, 0.25) is 0 Å². The van der Waals surface area contributed by atoms with Crippen molar-refractivity contribution >= 4 is 50.3 Å². The quantitative estimate of drug-likeness (QED) is 0.714. The number of nitrogens with two attached hydrogens (primary N) is 1. The fraction of sp³-hybridized carbons (Fsp3) is 0.385. The summed E-state index contributed by atoms with van der Waals surface area (Å²) in [5.74, 6) is -0.718. The molecular formula is C13H14BrIN2O2. The average molecular weight is 437 g/mol. The van der Waals surface area contributed by atoms with Crippen LogP contribution in [0.5, 0.6) is 0 Å². The molecule has 19 heavy (non-hydrogen) atoms. The molecular weight excluding hydrogens is 423 g/mol. The van der Waals surface area contributed by atoms with Crippen LogP contribution in [0.4, 0.5) is 0 Å². The van der Waals surface area contributed by atoms with Gasteiger partial charge in [0.25, 0.3) is 5.91 Å². The molecule has 0 spiro atoms. The van der Waals surface area contributed by atoms with Gasteiger partial charge >= 0.3 is 0 Å². The molecule has 1 aromatic rings. The molecule has 0 aliphatic heterocycles. The SMILES string of the molecule is NC(=O)[C@@H]1CCC[C@H]1NC(=O)c1cc(Br)ccc1I. The third kappa shape index (κ3) is 3.47. The Bertz CT molecular complexity index is 521. The van der Waals surface area contributed by atoms with Crippen LogP contribution in [0, 0.1) is 9.49 Å². The third-order valence-electron chi connectivity index (χ3n) is 3.37. The third-order valence-corrected chi connectivity index (χ3v) is 4.80. The molecule has 1 aromatic carbocycles. The molecule has 0 unspecified atom stereocenters. The standard InChI is InChI=1S/C13H14BrIN2O2/c14-7-4-5-10(15)9(6-7)13(19)17-11-3-1-2-8(11)12(16)18/h4-6,8,11H,1-3H2,(H2,16,18)(H,17,19)/t8-,11-/m1/s1. The second-order valence-electron chi connectivity index (χ2n) is 4.64. The van der Waals surface area contributed by atoms with Crippen molar-refractivity contribution < 1.29 is 9.59 Å². The second kappa shape index (κ2) is 6.21. The van der Waals surface area contributed by atoms with Gasteiger partial charge in [-0.15, -0.1) is 0 Å². The van der Waals surface area contributed by atoms with Crippen LogP contribution in [0.15, 0.2) is 22.7 Å². The summed E-state index contributed by atoms with van der Waals surface area (Å²) in [5, 5.41) is 2.93. The predicted octanol–water partition coefficient (Wildman–Crippen LogP) is 2.44. The Labute approximate surface area is 133 Å². The fourth-order valence-corrected chi connectivity index (χ4v) is 3.33. The van der Waals surface area contributed by atoms with Gasteiger partial charge in [-0.25, -0.2) is 0 Å². The maximum Gasteiger partial charge on any atom is 0.252 e. The molecule has 0 aromatic heterocycles. The van der Waals surface area contributed by atoms with Crippen molar-refractivity contribution in [3.8, 4) is 0 Å². The summed E-state index contributed by atoms with van der Waals surface area (Å²) in [6, 6.07) is 5.41. The molecule has 1 aliphatic carbocycles. The summed E-state index contributed by atoms with van der Waals surface area (Å²) in [6.45, 7) is 0. The van der Waals surface area contributed by atoms with Crippen molar-refractivity contribution in [2.45, 2.75) is 25.3 Å². The molecule has 2 rings (SSSR count). The van der Waals surface area contributed by atoms with Gasteiger partial charge in [-0.2, -0.15) is 0 Å². The topological polar surface area (TPSA) is 72.2 Å². The van der Waals surface area contributed by atoms with Crippen molar-refractivity contribution in [1.29, 1.82) is 0 Å². The van der Waals surface area contributed by atoms with Gasteiger partial charge in [0.15, 0.2) is 0 Å². The highest BCUT2D eigenvalue weighted by molar-refractivity contribution is 14.1. The van der Waals surface area contributed by atoms with Crippen molar-refractivity contribution in [2.75, 3.05) is 0 Å². The maximum absolute atomic E-state index is 12.3. The number of primary amides is 1. The summed E-state index contributed by atoms with van der Waals surface area (Å²) in [5.41, 5.74) is 5.97. The molecule has 0 saturated heterocycles. The van der Waals surface area contributed by atoms with E-state index in [0.29, 0.717) is 5.56 Å². The van der Waals surface area contributed by atoms with E-state index in [-0.39, 0.29) is 23.8 Å². The summed E-state index contributed by atoms with van der Waals surface area (Å²) in [7, 11) is 0. The van der Waals surface area contributed by atoms with E-state index in [1.165, 1.54) is 0 Å². The van der Waals surface area contributed by atoms with Crippen molar-refractivity contribution in [1.82, 2.24) is 5.32 Å². The van der Waals surface area contributed by atoms with Gasteiger partial charge in [0.05, 0.1) is 11.5 Å². The molecule has 1 fully saturated rings. The van der Waals surface area contributed by atoms with Gasteiger partial charge in [-0.3, -0.25) is 9.59 Å². The molecule has 1 saturated carbocycles. The largest absolute Gasteiger partial charge is 0.369 e. The number of carbonyl (C=O) groups is 2. The van der Waals surface area contributed by atoms with E-state index >= 15 is 0 Å².